The topological polar surface area (TPSA) is 131 Å². The van der Waals surface area contributed by atoms with Gasteiger partial charge in [-0.25, -0.2) is 14.4 Å². The molecule has 0 aliphatic carbocycles. The highest BCUT2D eigenvalue weighted by Crippen LogP contribution is 2.03. The van der Waals surface area contributed by atoms with Gasteiger partial charge in [0.15, 0.2) is 0 Å². The summed E-state index contributed by atoms with van der Waals surface area (Å²) in [5.74, 6) is -2.12. The van der Waals surface area contributed by atoms with Crippen molar-refractivity contribution in [1.82, 2.24) is 10.6 Å². The summed E-state index contributed by atoms with van der Waals surface area (Å²) < 4.78 is 9.80. The molecular weight excluding hydrogens is 404 g/mol. The molecule has 0 saturated heterocycles. The molecule has 1 rings (SSSR count). The quantitative estimate of drug-likeness (QED) is 0.233. The van der Waals surface area contributed by atoms with Gasteiger partial charge in [-0.05, 0) is 31.7 Å². The lowest BCUT2D eigenvalue weighted by atomic mass is 10.1. The minimum Gasteiger partial charge on any atom is -0.480 e. The van der Waals surface area contributed by atoms with E-state index >= 15 is 0 Å². The first-order chi connectivity index (χ1) is 14.9. The van der Waals surface area contributed by atoms with E-state index in [9.17, 15) is 24.3 Å². The Morgan fingerprint density at radius 1 is 1.06 bits per heavy atom. The number of hydrogen-bond donors (Lipinski definition) is 3. The second-order valence-corrected chi connectivity index (χ2v) is 6.65. The second-order valence-electron chi connectivity index (χ2n) is 6.65. The van der Waals surface area contributed by atoms with Crippen LogP contribution in [-0.4, -0.2) is 48.2 Å². The van der Waals surface area contributed by atoms with E-state index in [1.165, 1.54) is 6.08 Å². The van der Waals surface area contributed by atoms with E-state index in [0.29, 0.717) is 25.8 Å². The Labute approximate surface area is 181 Å². The van der Waals surface area contributed by atoms with Crippen LogP contribution in [0.5, 0.6) is 0 Å². The molecule has 3 N–H and O–H groups in total. The molecule has 0 aliphatic heterocycles. The molecule has 0 fully saturated rings. The van der Waals surface area contributed by atoms with Crippen LogP contribution in [-0.2, 0) is 30.5 Å². The van der Waals surface area contributed by atoms with Gasteiger partial charge in [0, 0.05) is 19.0 Å². The third kappa shape index (κ3) is 12.7. The zero-order chi connectivity index (χ0) is 22.9. The van der Waals surface area contributed by atoms with Crippen LogP contribution in [0, 0.1) is 0 Å². The molecule has 2 amide bonds. The Balaban J connectivity index is 2.14. The number of rotatable bonds is 14. The van der Waals surface area contributed by atoms with Gasteiger partial charge in [0.25, 0.3) is 0 Å². The highest BCUT2D eigenvalue weighted by atomic mass is 16.5. The van der Waals surface area contributed by atoms with Gasteiger partial charge in [0.2, 0.25) is 5.91 Å². The van der Waals surface area contributed by atoms with E-state index in [-0.39, 0.29) is 32.0 Å². The molecule has 0 heterocycles. The van der Waals surface area contributed by atoms with E-state index in [2.05, 4.69) is 10.6 Å². The summed E-state index contributed by atoms with van der Waals surface area (Å²) in [5.41, 5.74) is 0.903. The summed E-state index contributed by atoms with van der Waals surface area (Å²) in [4.78, 5) is 46.0. The molecule has 0 radical (unpaired) electrons. The molecule has 9 heteroatoms. The molecule has 1 atom stereocenters. The smallest absolute Gasteiger partial charge is 0.407 e. The number of carbonyl (C=O) groups excluding carboxylic acids is 3. The Kier molecular flexibility index (Phi) is 12.8. The normalized spacial score (nSPS) is 11.5. The Morgan fingerprint density at radius 3 is 2.48 bits per heavy atom. The molecule has 0 saturated carbocycles. The van der Waals surface area contributed by atoms with Crippen molar-refractivity contribution in [1.29, 1.82) is 0 Å². The number of aliphatic carboxylic acids is 1. The predicted octanol–water partition coefficient (Wildman–Crippen LogP) is 2.55. The Hall–Kier alpha value is -3.36. The molecule has 1 aromatic carbocycles. The third-order valence-electron chi connectivity index (χ3n) is 4.11. The fourth-order valence-corrected chi connectivity index (χ4v) is 2.53. The lowest BCUT2D eigenvalue weighted by molar-refractivity contribution is -0.141. The van der Waals surface area contributed by atoms with Crippen molar-refractivity contribution in [3.05, 3.63) is 48.0 Å². The maximum Gasteiger partial charge on any atom is 0.407 e. The highest BCUT2D eigenvalue weighted by Gasteiger charge is 2.18. The van der Waals surface area contributed by atoms with E-state index in [1.807, 2.05) is 30.3 Å². The van der Waals surface area contributed by atoms with Crippen molar-refractivity contribution in [2.75, 3.05) is 13.2 Å². The van der Waals surface area contributed by atoms with Gasteiger partial charge >= 0.3 is 18.0 Å². The summed E-state index contributed by atoms with van der Waals surface area (Å²) in [5, 5.41) is 14.3. The molecule has 0 unspecified atom stereocenters. The molecule has 0 aromatic heterocycles. The molecule has 1 aromatic rings. The van der Waals surface area contributed by atoms with Crippen LogP contribution in [0.15, 0.2) is 42.5 Å². The zero-order valence-corrected chi connectivity index (χ0v) is 17.7. The number of amides is 2. The van der Waals surface area contributed by atoms with Crippen molar-refractivity contribution in [3.8, 4) is 0 Å². The van der Waals surface area contributed by atoms with Gasteiger partial charge < -0.3 is 25.2 Å². The van der Waals surface area contributed by atoms with Crippen LogP contribution in [0.1, 0.15) is 44.6 Å². The maximum absolute atomic E-state index is 11.9. The number of carboxylic acid groups (broad SMARTS) is 1. The molecule has 31 heavy (non-hydrogen) atoms. The summed E-state index contributed by atoms with van der Waals surface area (Å²) in [7, 11) is 0. The Morgan fingerprint density at radius 2 is 1.81 bits per heavy atom. The predicted molar refractivity (Wildman–Crippen MR) is 113 cm³/mol. The van der Waals surface area contributed by atoms with E-state index in [0.717, 1.165) is 11.6 Å². The van der Waals surface area contributed by atoms with Gasteiger partial charge in [-0.2, -0.15) is 0 Å². The van der Waals surface area contributed by atoms with Gasteiger partial charge in [0.1, 0.15) is 12.6 Å². The largest absolute Gasteiger partial charge is 0.480 e. The molecule has 170 valence electrons. The number of hydrogen-bond acceptors (Lipinski definition) is 6. The summed E-state index contributed by atoms with van der Waals surface area (Å²) in [6.07, 6.45) is 4.06. The van der Waals surface area contributed by atoms with E-state index < -0.39 is 24.1 Å². The number of carboxylic acids is 1. The van der Waals surface area contributed by atoms with Gasteiger partial charge in [-0.1, -0.05) is 42.8 Å². The number of unbranched alkanes of at least 4 members (excludes halogenated alkanes) is 2. The fourth-order valence-electron chi connectivity index (χ4n) is 2.53. The first-order valence-electron chi connectivity index (χ1n) is 10.2. The summed E-state index contributed by atoms with van der Waals surface area (Å²) in [6, 6.07) is 8.24. The molecule has 0 aliphatic rings. The van der Waals surface area contributed by atoms with Gasteiger partial charge in [-0.3, -0.25) is 4.79 Å². The standard InChI is InChI=1S/C22H30N2O7/c1-2-30-20(26)14-9-12-18(21(27)28)24-19(25)13-7-4-8-15-23-22(29)31-16-17-10-5-3-6-11-17/h3,5-6,9-11,14,18H,2,4,7-8,12-13,15-16H2,1H3,(H,23,29)(H,24,25)(H,27,28)/b14-9+/t18-/m0/s1. The first kappa shape index (κ1) is 25.7. The third-order valence-corrected chi connectivity index (χ3v) is 4.11. The number of ether oxygens (including phenoxy) is 2. The first-order valence-corrected chi connectivity index (χ1v) is 10.2. The number of nitrogens with one attached hydrogen (secondary N) is 2. The van der Waals surface area contributed by atoms with Gasteiger partial charge in [-0.15, -0.1) is 0 Å². The van der Waals surface area contributed by atoms with Crippen LogP contribution in [0.25, 0.3) is 0 Å². The van der Waals surface area contributed by atoms with Crippen molar-refractivity contribution in [3.63, 3.8) is 0 Å². The van der Waals surface area contributed by atoms with Crippen LogP contribution >= 0.6 is 0 Å². The number of alkyl carbamates (subject to hydrolysis) is 1. The molecule has 0 bridgehead atoms. The zero-order valence-electron chi connectivity index (χ0n) is 17.7. The number of esters is 1. The highest BCUT2D eigenvalue weighted by molar-refractivity contribution is 5.84. The SMILES string of the molecule is CCOC(=O)/C=C/C[C@H](NC(=O)CCCCCNC(=O)OCc1ccccc1)C(=O)O. The van der Waals surface area contributed by atoms with Crippen molar-refractivity contribution >= 4 is 23.9 Å². The van der Waals surface area contributed by atoms with Crippen LogP contribution < -0.4 is 10.6 Å². The Bertz CT molecular complexity index is 735. The average Bonchev–Trinajstić information content (AvgIpc) is 2.74. The summed E-state index contributed by atoms with van der Waals surface area (Å²) in [6.45, 7) is 2.52. The number of benzene rings is 1. The molecule has 9 nitrogen and oxygen atoms in total. The van der Waals surface area contributed by atoms with Crippen molar-refractivity contribution < 1.29 is 33.8 Å². The van der Waals surface area contributed by atoms with Crippen molar-refractivity contribution in [2.24, 2.45) is 0 Å². The minimum absolute atomic E-state index is 0.0189. The lowest BCUT2D eigenvalue weighted by Gasteiger charge is -2.12. The fraction of sp³-hybridized carbons (Fsp3) is 0.455. The second kappa shape index (κ2) is 15.5. The summed E-state index contributed by atoms with van der Waals surface area (Å²) >= 11 is 0. The van der Waals surface area contributed by atoms with Crippen LogP contribution in [0.2, 0.25) is 0 Å². The van der Waals surface area contributed by atoms with E-state index in [4.69, 9.17) is 9.47 Å². The lowest BCUT2D eigenvalue weighted by Crippen LogP contribution is -2.40. The molecule has 0 spiro atoms. The monoisotopic (exact) mass is 434 g/mol. The minimum atomic E-state index is -1.18. The van der Waals surface area contributed by atoms with Crippen LogP contribution in [0.3, 0.4) is 0 Å². The van der Waals surface area contributed by atoms with Crippen LogP contribution in [0.4, 0.5) is 4.79 Å². The molecular formula is C22H30N2O7. The number of carbonyl (C=O) groups is 4. The average molecular weight is 434 g/mol. The van der Waals surface area contributed by atoms with Gasteiger partial charge in [0.05, 0.1) is 6.61 Å². The van der Waals surface area contributed by atoms with Crippen molar-refractivity contribution in [2.45, 2.75) is 51.7 Å². The maximum atomic E-state index is 11.9. The van der Waals surface area contributed by atoms with E-state index in [1.54, 1.807) is 6.92 Å².